The van der Waals surface area contributed by atoms with Crippen molar-refractivity contribution in [3.05, 3.63) is 71.3 Å². The molecule has 0 bridgehead atoms. The van der Waals surface area contributed by atoms with E-state index in [1.54, 1.807) is 0 Å². The maximum absolute atomic E-state index is 11.1. The number of rotatable bonds is 8. The molecule has 3 atom stereocenters. The number of aliphatic carboxylic acids is 1. The van der Waals surface area contributed by atoms with Crippen LogP contribution in [0.25, 0.3) is 0 Å². The lowest BCUT2D eigenvalue weighted by molar-refractivity contribution is -0.138. The lowest BCUT2D eigenvalue weighted by Gasteiger charge is -2.27. The summed E-state index contributed by atoms with van der Waals surface area (Å²) in [5.41, 5.74) is 3.95. The third kappa shape index (κ3) is 6.67. The summed E-state index contributed by atoms with van der Waals surface area (Å²) in [5.74, 6) is 0.127. The second-order valence-electron chi connectivity index (χ2n) is 6.84. The van der Waals surface area contributed by atoms with Gasteiger partial charge in [0.2, 0.25) is 0 Å². The first-order valence-corrected chi connectivity index (χ1v) is 9.86. The van der Waals surface area contributed by atoms with E-state index in [9.17, 15) is 4.79 Å². The molecule has 0 saturated heterocycles. The topological polar surface area (TPSA) is 37.3 Å². The lowest BCUT2D eigenvalue weighted by atomic mass is 9.77. The Hall–Kier alpha value is -2.09. The molecule has 3 unspecified atom stereocenters. The van der Waals surface area contributed by atoms with Gasteiger partial charge in [-0.15, -0.1) is 0 Å². The van der Waals surface area contributed by atoms with Gasteiger partial charge < -0.3 is 5.11 Å². The Morgan fingerprint density at radius 1 is 0.923 bits per heavy atom. The van der Waals surface area contributed by atoms with Crippen LogP contribution in [-0.4, -0.2) is 11.1 Å². The Bertz CT molecular complexity index is 631. The first-order valence-electron chi connectivity index (χ1n) is 9.86. The molecule has 0 aliphatic carbocycles. The van der Waals surface area contributed by atoms with Crippen LogP contribution in [0.5, 0.6) is 0 Å². The van der Waals surface area contributed by atoms with E-state index in [1.807, 2.05) is 26.8 Å². The zero-order valence-corrected chi connectivity index (χ0v) is 16.9. The van der Waals surface area contributed by atoms with Crippen LogP contribution in [0.15, 0.2) is 54.6 Å². The van der Waals surface area contributed by atoms with Crippen LogP contribution in [-0.2, 0) is 11.2 Å². The summed E-state index contributed by atoms with van der Waals surface area (Å²) in [5, 5.41) is 9.09. The Balaban J connectivity index is 0.00000163. The number of hydrogen-bond donors (Lipinski definition) is 1. The van der Waals surface area contributed by atoms with Crippen LogP contribution in [0.4, 0.5) is 0 Å². The maximum Gasteiger partial charge on any atom is 0.303 e. The van der Waals surface area contributed by atoms with Crippen molar-refractivity contribution in [2.75, 3.05) is 0 Å². The molecule has 2 aromatic rings. The van der Waals surface area contributed by atoms with E-state index in [0.717, 1.165) is 12.8 Å². The zero-order chi connectivity index (χ0) is 19.5. The van der Waals surface area contributed by atoms with Gasteiger partial charge in [0.25, 0.3) is 0 Å². The van der Waals surface area contributed by atoms with Gasteiger partial charge in [0.1, 0.15) is 0 Å². The standard InChI is InChI=1S/C22H28O2.C2H6/c1-4-18-10-12-20(13-11-18)21(14-16(2)15-22(23)24)17(3)19-8-6-5-7-9-19;1-2/h5-13,16-17,21H,4,14-15H2,1-3H3,(H,23,24);1-2H3. The number of benzene rings is 2. The number of aryl methyl sites for hydroxylation is 1. The van der Waals surface area contributed by atoms with Crippen LogP contribution in [0.1, 0.15) is 76.0 Å². The molecule has 0 saturated carbocycles. The van der Waals surface area contributed by atoms with E-state index >= 15 is 0 Å². The van der Waals surface area contributed by atoms with E-state index in [-0.39, 0.29) is 12.3 Å². The summed E-state index contributed by atoms with van der Waals surface area (Å²) in [6.45, 7) is 10.5. The summed E-state index contributed by atoms with van der Waals surface area (Å²) >= 11 is 0. The fourth-order valence-electron chi connectivity index (χ4n) is 3.43. The number of carbonyl (C=O) groups is 1. The SMILES string of the molecule is CC.CCc1ccc(C(CC(C)CC(=O)O)C(C)c2ccccc2)cc1. The molecule has 26 heavy (non-hydrogen) atoms. The molecule has 1 N–H and O–H groups in total. The van der Waals surface area contributed by atoms with Crippen molar-refractivity contribution in [3.8, 4) is 0 Å². The normalized spacial score (nSPS) is 13.9. The van der Waals surface area contributed by atoms with Crippen molar-refractivity contribution in [1.82, 2.24) is 0 Å². The molecular weight excluding hydrogens is 320 g/mol. The highest BCUT2D eigenvalue weighted by molar-refractivity contribution is 5.66. The van der Waals surface area contributed by atoms with Gasteiger partial charge in [-0.3, -0.25) is 4.79 Å². The van der Waals surface area contributed by atoms with Crippen molar-refractivity contribution in [1.29, 1.82) is 0 Å². The average Bonchev–Trinajstić information content (AvgIpc) is 2.67. The van der Waals surface area contributed by atoms with E-state index < -0.39 is 5.97 Å². The minimum atomic E-state index is -0.713. The highest BCUT2D eigenvalue weighted by atomic mass is 16.4. The Labute approximate surface area is 159 Å². The molecule has 142 valence electrons. The fourth-order valence-corrected chi connectivity index (χ4v) is 3.43. The van der Waals surface area contributed by atoms with Gasteiger partial charge in [-0.1, -0.05) is 89.2 Å². The Morgan fingerprint density at radius 3 is 2.00 bits per heavy atom. The summed E-state index contributed by atoms with van der Waals surface area (Å²) in [6.07, 6.45) is 2.15. The lowest BCUT2D eigenvalue weighted by Crippen LogP contribution is -2.14. The van der Waals surface area contributed by atoms with E-state index in [0.29, 0.717) is 11.8 Å². The third-order valence-corrected chi connectivity index (χ3v) is 4.92. The molecule has 2 rings (SSSR count). The third-order valence-electron chi connectivity index (χ3n) is 4.92. The summed E-state index contributed by atoms with van der Waals surface area (Å²) in [7, 11) is 0. The van der Waals surface area contributed by atoms with Gasteiger partial charge >= 0.3 is 5.97 Å². The maximum atomic E-state index is 11.1. The molecule has 0 fully saturated rings. The summed E-state index contributed by atoms with van der Waals surface area (Å²) in [6, 6.07) is 19.3. The molecule has 0 amide bonds. The van der Waals surface area contributed by atoms with Crippen molar-refractivity contribution in [2.45, 2.75) is 65.7 Å². The summed E-state index contributed by atoms with van der Waals surface area (Å²) in [4.78, 5) is 11.1. The smallest absolute Gasteiger partial charge is 0.303 e. The first kappa shape index (κ1) is 22.0. The monoisotopic (exact) mass is 354 g/mol. The number of carboxylic acid groups (broad SMARTS) is 1. The fraction of sp³-hybridized carbons (Fsp3) is 0.458. The second kappa shape index (κ2) is 11.5. The number of carboxylic acids is 1. The van der Waals surface area contributed by atoms with Gasteiger partial charge in [0.05, 0.1) is 0 Å². The van der Waals surface area contributed by atoms with Crippen LogP contribution in [0.2, 0.25) is 0 Å². The summed E-state index contributed by atoms with van der Waals surface area (Å²) < 4.78 is 0. The predicted molar refractivity (Wildman–Crippen MR) is 111 cm³/mol. The molecular formula is C24H34O2. The van der Waals surface area contributed by atoms with Crippen molar-refractivity contribution in [2.24, 2.45) is 5.92 Å². The van der Waals surface area contributed by atoms with Crippen LogP contribution >= 0.6 is 0 Å². The van der Waals surface area contributed by atoms with Gasteiger partial charge in [0.15, 0.2) is 0 Å². The predicted octanol–water partition coefficient (Wildman–Crippen LogP) is 6.66. The molecule has 2 aromatic carbocycles. The molecule has 0 aliphatic heterocycles. The Kier molecular flexibility index (Phi) is 9.72. The van der Waals surface area contributed by atoms with Crippen molar-refractivity contribution in [3.63, 3.8) is 0 Å². The molecule has 0 aromatic heterocycles. The van der Waals surface area contributed by atoms with Crippen molar-refractivity contribution >= 4 is 5.97 Å². The molecule has 2 heteroatoms. The zero-order valence-electron chi connectivity index (χ0n) is 16.9. The molecule has 0 spiro atoms. The Morgan fingerprint density at radius 2 is 1.50 bits per heavy atom. The minimum absolute atomic E-state index is 0.157. The van der Waals surface area contributed by atoms with E-state index in [4.69, 9.17) is 5.11 Å². The first-order chi connectivity index (χ1) is 12.5. The van der Waals surface area contributed by atoms with Crippen LogP contribution < -0.4 is 0 Å². The highest BCUT2D eigenvalue weighted by Crippen LogP contribution is 2.38. The molecule has 0 heterocycles. The van der Waals surface area contributed by atoms with E-state index in [1.165, 1.54) is 16.7 Å². The van der Waals surface area contributed by atoms with E-state index in [2.05, 4.69) is 62.4 Å². The van der Waals surface area contributed by atoms with Crippen LogP contribution in [0.3, 0.4) is 0 Å². The second-order valence-corrected chi connectivity index (χ2v) is 6.84. The van der Waals surface area contributed by atoms with Crippen molar-refractivity contribution < 1.29 is 9.90 Å². The van der Waals surface area contributed by atoms with Crippen LogP contribution in [0, 0.1) is 5.92 Å². The quantitative estimate of drug-likeness (QED) is 0.575. The van der Waals surface area contributed by atoms with Gasteiger partial charge in [-0.2, -0.15) is 0 Å². The molecule has 2 nitrogen and oxygen atoms in total. The highest BCUT2D eigenvalue weighted by Gasteiger charge is 2.24. The van der Waals surface area contributed by atoms with Gasteiger partial charge in [-0.25, -0.2) is 0 Å². The largest absolute Gasteiger partial charge is 0.481 e. The average molecular weight is 355 g/mol. The minimum Gasteiger partial charge on any atom is -0.481 e. The van der Waals surface area contributed by atoms with Gasteiger partial charge in [-0.05, 0) is 47.3 Å². The molecule has 0 radical (unpaired) electrons. The number of hydrogen-bond acceptors (Lipinski definition) is 1. The van der Waals surface area contributed by atoms with Gasteiger partial charge in [0, 0.05) is 6.42 Å². The molecule has 0 aliphatic rings.